The molecule has 0 amide bonds. The van der Waals surface area contributed by atoms with E-state index in [-0.39, 0.29) is 11.8 Å². The zero-order valence-electron chi connectivity index (χ0n) is 9.91. The molecule has 0 saturated heterocycles. The van der Waals surface area contributed by atoms with E-state index in [1.165, 1.54) is 37.5 Å². The Bertz CT molecular complexity index is 401. The van der Waals surface area contributed by atoms with Gasteiger partial charge in [0.1, 0.15) is 5.75 Å². The van der Waals surface area contributed by atoms with E-state index in [2.05, 4.69) is 4.74 Å². The summed E-state index contributed by atoms with van der Waals surface area (Å²) in [6.45, 7) is 0. The van der Waals surface area contributed by atoms with Crippen LogP contribution >= 0.6 is 0 Å². The Morgan fingerprint density at radius 2 is 2.06 bits per heavy atom. The van der Waals surface area contributed by atoms with Crippen LogP contribution in [0.3, 0.4) is 0 Å². The number of nitrogens with two attached hydrogens (primary N) is 1. The van der Waals surface area contributed by atoms with Gasteiger partial charge in [0.25, 0.3) is 0 Å². The number of alkyl halides is 3. The smallest absolute Gasteiger partial charge is 0.406 e. The molecule has 2 nitrogen and oxygen atoms in total. The van der Waals surface area contributed by atoms with Crippen LogP contribution in [0.4, 0.5) is 13.2 Å². The molecule has 1 aliphatic carbocycles. The van der Waals surface area contributed by atoms with Gasteiger partial charge in [-0.3, -0.25) is 0 Å². The summed E-state index contributed by atoms with van der Waals surface area (Å²) in [6, 6.07) is 5.72. The van der Waals surface area contributed by atoms with E-state index in [4.69, 9.17) is 5.73 Å². The summed E-state index contributed by atoms with van der Waals surface area (Å²) < 4.78 is 40.2. The lowest BCUT2D eigenvalue weighted by Gasteiger charge is -2.28. The van der Waals surface area contributed by atoms with Crippen molar-refractivity contribution in [1.29, 1.82) is 0 Å². The Kier molecular flexibility index (Phi) is 3.80. The average Bonchev–Trinajstić information content (AvgIpc) is 2.21. The summed E-state index contributed by atoms with van der Waals surface area (Å²) >= 11 is 0. The van der Waals surface area contributed by atoms with E-state index in [1.807, 2.05) is 0 Å². The van der Waals surface area contributed by atoms with E-state index in [0.29, 0.717) is 11.5 Å². The molecule has 0 aliphatic heterocycles. The normalized spacial score (nSPS) is 18.2. The molecule has 1 saturated carbocycles. The van der Waals surface area contributed by atoms with Crippen molar-refractivity contribution in [3.63, 3.8) is 0 Å². The first-order valence-corrected chi connectivity index (χ1v) is 6.05. The summed E-state index contributed by atoms with van der Waals surface area (Å²) in [4.78, 5) is 0. The number of halogens is 3. The molecule has 1 aromatic rings. The number of benzene rings is 1. The van der Waals surface area contributed by atoms with Crippen molar-refractivity contribution in [2.45, 2.75) is 38.1 Å². The van der Waals surface area contributed by atoms with Gasteiger partial charge in [-0.15, -0.1) is 13.2 Å². The Labute approximate surface area is 104 Å². The number of ether oxygens (including phenoxy) is 1. The van der Waals surface area contributed by atoms with Gasteiger partial charge in [0.05, 0.1) is 0 Å². The standard InChI is InChI=1S/C13H16F3NO/c14-13(15,16)18-11-6-2-5-10(8-11)12(17)7-9-3-1-4-9/h2,5-6,8-9,12H,1,3-4,7,17H2. The lowest BCUT2D eigenvalue weighted by Crippen LogP contribution is -2.20. The van der Waals surface area contributed by atoms with Crippen molar-refractivity contribution in [3.8, 4) is 5.75 Å². The highest BCUT2D eigenvalue weighted by Crippen LogP contribution is 2.34. The van der Waals surface area contributed by atoms with Crippen molar-refractivity contribution >= 4 is 0 Å². The third kappa shape index (κ3) is 3.63. The molecule has 0 heterocycles. The van der Waals surface area contributed by atoms with Gasteiger partial charge in [-0.05, 0) is 30.0 Å². The zero-order valence-corrected chi connectivity index (χ0v) is 9.91. The molecule has 18 heavy (non-hydrogen) atoms. The first-order chi connectivity index (χ1) is 8.44. The van der Waals surface area contributed by atoms with Crippen LogP contribution in [0.2, 0.25) is 0 Å². The maximum Gasteiger partial charge on any atom is 0.573 e. The van der Waals surface area contributed by atoms with E-state index >= 15 is 0 Å². The zero-order chi connectivity index (χ0) is 13.2. The first kappa shape index (κ1) is 13.2. The Balaban J connectivity index is 2.01. The minimum absolute atomic E-state index is 0.205. The Hall–Kier alpha value is -1.23. The maximum atomic E-state index is 12.1. The SMILES string of the molecule is NC(CC1CCC1)c1cccc(OC(F)(F)F)c1. The van der Waals surface area contributed by atoms with Gasteiger partial charge in [-0.2, -0.15) is 0 Å². The van der Waals surface area contributed by atoms with Crippen molar-refractivity contribution in [1.82, 2.24) is 0 Å². The largest absolute Gasteiger partial charge is 0.573 e. The lowest BCUT2D eigenvalue weighted by atomic mass is 9.80. The minimum atomic E-state index is -4.66. The van der Waals surface area contributed by atoms with Crippen molar-refractivity contribution in [2.24, 2.45) is 11.7 Å². The van der Waals surface area contributed by atoms with Gasteiger partial charge in [0, 0.05) is 6.04 Å². The van der Waals surface area contributed by atoms with Crippen molar-refractivity contribution < 1.29 is 17.9 Å². The van der Waals surface area contributed by atoms with E-state index in [9.17, 15) is 13.2 Å². The second kappa shape index (κ2) is 5.18. The van der Waals surface area contributed by atoms with Crippen LogP contribution in [0.1, 0.15) is 37.3 Å². The number of hydrogen-bond donors (Lipinski definition) is 1. The van der Waals surface area contributed by atoms with E-state index < -0.39 is 6.36 Å². The van der Waals surface area contributed by atoms with Gasteiger partial charge in [-0.1, -0.05) is 31.4 Å². The predicted molar refractivity (Wildman–Crippen MR) is 62.0 cm³/mol. The maximum absolute atomic E-state index is 12.1. The van der Waals surface area contributed by atoms with Crippen LogP contribution in [0.15, 0.2) is 24.3 Å². The second-order valence-electron chi connectivity index (χ2n) is 4.76. The van der Waals surface area contributed by atoms with Gasteiger partial charge in [0.2, 0.25) is 0 Å². The van der Waals surface area contributed by atoms with Crippen LogP contribution in [0.5, 0.6) is 5.75 Å². The van der Waals surface area contributed by atoms with Crippen LogP contribution in [0.25, 0.3) is 0 Å². The average molecular weight is 259 g/mol. The van der Waals surface area contributed by atoms with E-state index in [0.717, 1.165) is 6.42 Å². The van der Waals surface area contributed by atoms with Crippen LogP contribution in [0, 0.1) is 5.92 Å². The molecular weight excluding hydrogens is 243 g/mol. The second-order valence-corrected chi connectivity index (χ2v) is 4.76. The van der Waals surface area contributed by atoms with E-state index in [1.54, 1.807) is 6.07 Å². The van der Waals surface area contributed by atoms with Crippen molar-refractivity contribution in [2.75, 3.05) is 0 Å². The molecule has 1 unspecified atom stereocenters. The molecular formula is C13H16F3NO. The van der Waals surface area contributed by atoms with Gasteiger partial charge in [0.15, 0.2) is 0 Å². The molecule has 0 spiro atoms. The number of rotatable bonds is 4. The first-order valence-electron chi connectivity index (χ1n) is 6.05. The summed E-state index contributed by atoms with van der Waals surface area (Å²) in [7, 11) is 0. The summed E-state index contributed by atoms with van der Waals surface area (Å²) in [6.07, 6.45) is -0.250. The highest BCUT2D eigenvalue weighted by molar-refractivity contribution is 5.30. The molecule has 0 radical (unpaired) electrons. The van der Waals surface area contributed by atoms with Crippen LogP contribution < -0.4 is 10.5 Å². The van der Waals surface area contributed by atoms with Gasteiger partial charge in [-0.25, -0.2) is 0 Å². The summed E-state index contributed by atoms with van der Waals surface area (Å²) in [5.74, 6) is 0.413. The highest BCUT2D eigenvalue weighted by Gasteiger charge is 2.31. The third-order valence-electron chi connectivity index (χ3n) is 3.33. The molecule has 1 aromatic carbocycles. The van der Waals surface area contributed by atoms with Gasteiger partial charge < -0.3 is 10.5 Å². The summed E-state index contributed by atoms with van der Waals surface area (Å²) in [5, 5.41) is 0. The molecule has 1 atom stereocenters. The Morgan fingerprint density at radius 3 is 2.61 bits per heavy atom. The highest BCUT2D eigenvalue weighted by atomic mass is 19.4. The molecule has 0 bridgehead atoms. The molecule has 100 valence electrons. The fourth-order valence-electron chi connectivity index (χ4n) is 2.17. The number of hydrogen-bond acceptors (Lipinski definition) is 2. The molecule has 1 fully saturated rings. The molecule has 2 rings (SSSR count). The topological polar surface area (TPSA) is 35.2 Å². The molecule has 0 aromatic heterocycles. The van der Waals surface area contributed by atoms with Crippen molar-refractivity contribution in [3.05, 3.63) is 29.8 Å². The molecule has 2 N–H and O–H groups in total. The molecule has 1 aliphatic rings. The van der Waals surface area contributed by atoms with Gasteiger partial charge >= 0.3 is 6.36 Å². The predicted octanol–water partition coefficient (Wildman–Crippen LogP) is 3.78. The Morgan fingerprint density at radius 1 is 1.33 bits per heavy atom. The summed E-state index contributed by atoms with van der Waals surface area (Å²) in [5.41, 5.74) is 6.70. The van der Waals surface area contributed by atoms with Crippen LogP contribution in [-0.2, 0) is 0 Å². The lowest BCUT2D eigenvalue weighted by molar-refractivity contribution is -0.274. The fraction of sp³-hybridized carbons (Fsp3) is 0.538. The monoisotopic (exact) mass is 259 g/mol. The minimum Gasteiger partial charge on any atom is -0.406 e. The molecule has 5 heteroatoms. The van der Waals surface area contributed by atoms with Crippen LogP contribution in [-0.4, -0.2) is 6.36 Å². The third-order valence-corrected chi connectivity index (χ3v) is 3.33. The fourth-order valence-corrected chi connectivity index (χ4v) is 2.17. The quantitative estimate of drug-likeness (QED) is 0.893.